The average Bonchev–Trinajstić information content (AvgIpc) is 2.36. The van der Waals surface area contributed by atoms with Gasteiger partial charge in [0.1, 0.15) is 0 Å². The molecule has 4 heteroatoms. The van der Waals surface area contributed by atoms with E-state index in [-0.39, 0.29) is 5.92 Å². The van der Waals surface area contributed by atoms with E-state index in [0.29, 0.717) is 21.7 Å². The summed E-state index contributed by atoms with van der Waals surface area (Å²) in [5.74, 6) is -1.21. The minimum Gasteiger partial charge on any atom is -0.481 e. The number of hydrogen-bond donors (Lipinski definition) is 2. The van der Waals surface area contributed by atoms with Crippen molar-refractivity contribution in [2.24, 2.45) is 11.3 Å². The molecule has 1 unspecified atom stereocenters. The summed E-state index contributed by atoms with van der Waals surface area (Å²) in [6.45, 7) is 4.49. The monoisotopic (exact) mass is 295 g/mol. The number of carbonyl (C=O) groups is 1. The number of nitrogen functional groups attached to an aromatic ring is 1. The summed E-state index contributed by atoms with van der Waals surface area (Å²) < 4.78 is 0. The van der Waals surface area contributed by atoms with Crippen molar-refractivity contribution >= 4 is 23.3 Å². The van der Waals surface area contributed by atoms with Crippen LogP contribution in [-0.2, 0) is 4.79 Å². The lowest BCUT2D eigenvalue weighted by Crippen LogP contribution is -2.29. The van der Waals surface area contributed by atoms with Gasteiger partial charge in [0.05, 0.1) is 16.6 Å². The zero-order valence-corrected chi connectivity index (χ0v) is 12.8. The Morgan fingerprint density at radius 3 is 2.55 bits per heavy atom. The summed E-state index contributed by atoms with van der Waals surface area (Å²) in [5, 5.41) is 10.1. The molecular formula is C16H22ClNO2. The van der Waals surface area contributed by atoms with Crippen molar-refractivity contribution < 1.29 is 9.90 Å². The van der Waals surface area contributed by atoms with E-state index in [1.165, 1.54) is 0 Å². The number of para-hydroxylation sites is 1. The molecule has 110 valence electrons. The van der Waals surface area contributed by atoms with E-state index in [4.69, 9.17) is 17.3 Å². The van der Waals surface area contributed by atoms with Crippen LogP contribution in [0.2, 0.25) is 5.02 Å². The summed E-state index contributed by atoms with van der Waals surface area (Å²) in [6, 6.07) is 5.26. The third kappa shape index (κ3) is 3.09. The van der Waals surface area contributed by atoms with Crippen LogP contribution in [0.5, 0.6) is 0 Å². The number of hydrogen-bond acceptors (Lipinski definition) is 2. The van der Waals surface area contributed by atoms with E-state index in [1.807, 2.05) is 0 Å². The van der Waals surface area contributed by atoms with E-state index < -0.39 is 11.9 Å². The van der Waals surface area contributed by atoms with Crippen LogP contribution in [0, 0.1) is 11.3 Å². The molecule has 0 heterocycles. The summed E-state index contributed by atoms with van der Waals surface area (Å²) >= 11 is 6.03. The molecule has 0 aliphatic heterocycles. The Balaban J connectivity index is 2.29. The van der Waals surface area contributed by atoms with Crippen molar-refractivity contribution in [1.29, 1.82) is 0 Å². The molecule has 0 radical (unpaired) electrons. The van der Waals surface area contributed by atoms with Crippen LogP contribution in [0.3, 0.4) is 0 Å². The second-order valence-corrected chi connectivity index (χ2v) is 6.97. The number of nitrogens with two attached hydrogens (primary N) is 1. The second kappa shape index (κ2) is 5.65. The fraction of sp³-hybridized carbons (Fsp3) is 0.562. The van der Waals surface area contributed by atoms with Crippen molar-refractivity contribution in [3.8, 4) is 0 Å². The fourth-order valence-electron chi connectivity index (χ4n) is 3.17. The van der Waals surface area contributed by atoms with Crippen LogP contribution < -0.4 is 5.73 Å². The van der Waals surface area contributed by atoms with E-state index in [1.54, 1.807) is 18.2 Å². The topological polar surface area (TPSA) is 63.3 Å². The summed E-state index contributed by atoms with van der Waals surface area (Å²) in [6.07, 6.45) is 3.97. The minimum absolute atomic E-state index is 0.140. The van der Waals surface area contributed by atoms with Gasteiger partial charge in [0, 0.05) is 0 Å². The number of aliphatic carboxylic acids is 1. The molecule has 3 nitrogen and oxygen atoms in total. The molecule has 3 N–H and O–H groups in total. The molecular weight excluding hydrogens is 274 g/mol. The maximum atomic E-state index is 11.7. The molecule has 0 aromatic heterocycles. The first kappa shape index (κ1) is 15.2. The van der Waals surface area contributed by atoms with E-state index >= 15 is 0 Å². The van der Waals surface area contributed by atoms with Crippen LogP contribution >= 0.6 is 11.6 Å². The Kier molecular flexibility index (Phi) is 4.28. The lowest BCUT2D eigenvalue weighted by molar-refractivity contribution is -0.140. The maximum absolute atomic E-state index is 11.7. The smallest absolute Gasteiger partial charge is 0.311 e. The number of carboxylic acids is 1. The molecule has 20 heavy (non-hydrogen) atoms. The molecule has 0 spiro atoms. The van der Waals surface area contributed by atoms with Crippen molar-refractivity contribution in [2.75, 3.05) is 5.73 Å². The minimum atomic E-state index is -0.802. The second-order valence-electron chi connectivity index (χ2n) is 6.56. The van der Waals surface area contributed by atoms with Gasteiger partial charge in [-0.2, -0.15) is 0 Å². The predicted octanol–water partition coefficient (Wildman–Crippen LogP) is 4.31. The molecule has 0 amide bonds. The lowest BCUT2D eigenvalue weighted by Gasteiger charge is -2.37. The van der Waals surface area contributed by atoms with Crippen molar-refractivity contribution in [1.82, 2.24) is 0 Å². The van der Waals surface area contributed by atoms with Gasteiger partial charge >= 0.3 is 5.97 Å². The van der Waals surface area contributed by atoms with E-state index in [9.17, 15) is 9.90 Å². The highest BCUT2D eigenvalue weighted by Crippen LogP contribution is 2.45. The van der Waals surface area contributed by atoms with Crippen molar-refractivity contribution in [3.63, 3.8) is 0 Å². The van der Waals surface area contributed by atoms with Gasteiger partial charge in [-0.25, -0.2) is 0 Å². The number of carboxylic acid groups (broad SMARTS) is 1. The van der Waals surface area contributed by atoms with Crippen LogP contribution in [-0.4, -0.2) is 11.1 Å². The zero-order chi connectivity index (χ0) is 14.9. The van der Waals surface area contributed by atoms with Gasteiger partial charge in [0.15, 0.2) is 0 Å². The van der Waals surface area contributed by atoms with Crippen LogP contribution in [0.4, 0.5) is 5.69 Å². The summed E-state index contributed by atoms with van der Waals surface area (Å²) in [7, 11) is 0. The maximum Gasteiger partial charge on any atom is 0.311 e. The van der Waals surface area contributed by atoms with Gasteiger partial charge in [0.25, 0.3) is 0 Å². The van der Waals surface area contributed by atoms with E-state index in [0.717, 1.165) is 25.7 Å². The highest BCUT2D eigenvalue weighted by atomic mass is 35.5. The van der Waals surface area contributed by atoms with Gasteiger partial charge in [-0.05, 0) is 48.6 Å². The fourth-order valence-corrected chi connectivity index (χ4v) is 3.35. The first-order chi connectivity index (χ1) is 9.32. The molecule has 1 aromatic carbocycles. The van der Waals surface area contributed by atoms with Gasteiger partial charge in [-0.15, -0.1) is 0 Å². The first-order valence-electron chi connectivity index (χ1n) is 7.08. The van der Waals surface area contributed by atoms with Crippen molar-refractivity contribution in [3.05, 3.63) is 28.8 Å². The molecule has 1 fully saturated rings. The summed E-state index contributed by atoms with van der Waals surface area (Å²) in [5.41, 5.74) is 7.38. The average molecular weight is 296 g/mol. The largest absolute Gasteiger partial charge is 0.481 e. The van der Waals surface area contributed by atoms with Crippen LogP contribution in [0.25, 0.3) is 0 Å². The molecule has 1 atom stereocenters. The Hall–Kier alpha value is -1.22. The van der Waals surface area contributed by atoms with E-state index in [2.05, 4.69) is 13.8 Å². The third-order valence-electron chi connectivity index (χ3n) is 4.54. The quantitative estimate of drug-likeness (QED) is 0.817. The predicted molar refractivity (Wildman–Crippen MR) is 82.0 cm³/mol. The Labute approximate surface area is 125 Å². The van der Waals surface area contributed by atoms with Crippen LogP contribution in [0.15, 0.2) is 18.2 Å². The number of rotatable bonds is 3. The first-order valence-corrected chi connectivity index (χ1v) is 7.46. The molecule has 0 saturated heterocycles. The van der Waals surface area contributed by atoms with Gasteiger partial charge in [0.2, 0.25) is 0 Å². The highest BCUT2D eigenvalue weighted by molar-refractivity contribution is 6.33. The normalized spacial score (nSPS) is 20.6. The SMILES string of the molecule is CC1(C)CCC(C(C(=O)O)c2cccc(Cl)c2N)CC1. The lowest BCUT2D eigenvalue weighted by atomic mass is 9.68. The third-order valence-corrected chi connectivity index (χ3v) is 4.87. The molecule has 0 bridgehead atoms. The molecule has 1 saturated carbocycles. The standard InChI is InChI=1S/C16H22ClNO2/c1-16(2)8-6-10(7-9-16)13(15(19)20)11-4-3-5-12(17)14(11)18/h3-5,10,13H,6-9,18H2,1-2H3,(H,19,20). The Bertz CT molecular complexity index is 503. The van der Waals surface area contributed by atoms with Gasteiger partial charge < -0.3 is 10.8 Å². The number of halogens is 1. The van der Waals surface area contributed by atoms with Gasteiger partial charge in [-0.3, -0.25) is 4.79 Å². The summed E-state index contributed by atoms with van der Waals surface area (Å²) in [4.78, 5) is 11.7. The Morgan fingerprint density at radius 1 is 1.40 bits per heavy atom. The van der Waals surface area contributed by atoms with Gasteiger partial charge in [-0.1, -0.05) is 37.6 Å². The molecule has 1 aliphatic carbocycles. The number of anilines is 1. The van der Waals surface area contributed by atoms with Crippen molar-refractivity contribution in [2.45, 2.75) is 45.4 Å². The molecule has 1 aromatic rings. The molecule has 2 rings (SSSR count). The zero-order valence-electron chi connectivity index (χ0n) is 12.0. The van der Waals surface area contributed by atoms with Crippen LogP contribution in [0.1, 0.15) is 51.0 Å². The number of benzene rings is 1. The Morgan fingerprint density at radius 2 is 2.00 bits per heavy atom. The molecule has 1 aliphatic rings. The highest BCUT2D eigenvalue weighted by Gasteiger charge is 2.36.